The number of aliphatic hydroxyl groups is 1. The fraction of sp³-hybridized carbons (Fsp3) is 0.688. The maximum atomic E-state index is 12.4. The number of carbonyl (C=O) groups excluding carboxylic acids is 2. The number of aliphatic hydroxyl groups excluding tert-OH is 1. The molecule has 0 bridgehead atoms. The number of likely N-dealkylation sites (N-methyl/N-ethyl adjacent to an activating group) is 1. The van der Waals surface area contributed by atoms with Crippen LogP contribution >= 0.6 is 0 Å². The molecule has 2 heterocycles. The third kappa shape index (κ3) is 3.16. The Morgan fingerprint density at radius 1 is 1.29 bits per heavy atom. The molecule has 24 heavy (non-hydrogen) atoms. The molecule has 2 aliphatic rings. The Kier molecular flexibility index (Phi) is 4.86. The monoisotopic (exact) mass is 336 g/mol. The minimum absolute atomic E-state index is 0.0247. The number of hydrogen-bond donors (Lipinski definition) is 1. The summed E-state index contributed by atoms with van der Waals surface area (Å²) in [6.07, 6.45) is 2.35. The second kappa shape index (κ2) is 6.90. The van der Waals surface area contributed by atoms with Crippen LogP contribution in [0.25, 0.3) is 0 Å². The summed E-state index contributed by atoms with van der Waals surface area (Å²) in [7, 11) is 1.70. The average Bonchev–Trinajstić information content (AvgIpc) is 3.23. The van der Waals surface area contributed by atoms with Crippen LogP contribution in [-0.4, -0.2) is 88.2 Å². The second-order valence-electron chi connectivity index (χ2n) is 6.55. The number of piperazine rings is 1. The molecular weight excluding hydrogens is 312 g/mol. The molecule has 8 heteroatoms. The van der Waals surface area contributed by atoms with Gasteiger partial charge in [-0.2, -0.15) is 0 Å². The van der Waals surface area contributed by atoms with E-state index >= 15 is 0 Å². The summed E-state index contributed by atoms with van der Waals surface area (Å²) in [6, 6.07) is 1.32. The van der Waals surface area contributed by atoms with Crippen LogP contribution in [0.15, 0.2) is 16.9 Å². The fourth-order valence-corrected chi connectivity index (χ4v) is 3.78. The van der Waals surface area contributed by atoms with E-state index < -0.39 is 6.10 Å². The fourth-order valence-electron chi connectivity index (χ4n) is 3.78. The van der Waals surface area contributed by atoms with E-state index in [0.29, 0.717) is 13.1 Å². The zero-order valence-electron chi connectivity index (χ0n) is 14.1. The average molecular weight is 336 g/mol. The topological polar surface area (TPSA) is 90.1 Å². The largest absolute Gasteiger partial charge is 0.389 e. The van der Waals surface area contributed by atoms with Crippen LogP contribution < -0.4 is 0 Å². The molecule has 1 saturated carbocycles. The van der Waals surface area contributed by atoms with Gasteiger partial charge in [-0.3, -0.25) is 14.5 Å². The maximum Gasteiger partial charge on any atom is 0.276 e. The molecule has 1 N–H and O–H groups in total. The summed E-state index contributed by atoms with van der Waals surface area (Å²) >= 11 is 0. The lowest BCUT2D eigenvalue weighted by atomic mass is 10.1. The molecule has 0 radical (unpaired) electrons. The van der Waals surface area contributed by atoms with Gasteiger partial charge in [0.1, 0.15) is 6.26 Å². The molecule has 1 aliphatic heterocycles. The number of carbonyl (C=O) groups is 2. The van der Waals surface area contributed by atoms with E-state index in [0.717, 1.165) is 25.9 Å². The summed E-state index contributed by atoms with van der Waals surface area (Å²) in [5, 5.41) is 14.4. The predicted octanol–water partition coefficient (Wildman–Crippen LogP) is -0.197. The van der Waals surface area contributed by atoms with Crippen molar-refractivity contribution < 1.29 is 19.2 Å². The van der Waals surface area contributed by atoms with Crippen molar-refractivity contribution >= 4 is 11.8 Å². The molecule has 132 valence electrons. The Bertz CT molecular complexity index is 583. The lowest BCUT2D eigenvalue weighted by Gasteiger charge is -2.39. The summed E-state index contributed by atoms with van der Waals surface area (Å²) in [4.78, 5) is 29.4. The van der Waals surface area contributed by atoms with Gasteiger partial charge in [0, 0.05) is 52.3 Å². The van der Waals surface area contributed by atoms with Crippen LogP contribution in [0.4, 0.5) is 0 Å². The third-order valence-electron chi connectivity index (χ3n) is 5.25. The van der Waals surface area contributed by atoms with Crippen molar-refractivity contribution in [3.05, 3.63) is 18.0 Å². The van der Waals surface area contributed by atoms with E-state index in [4.69, 9.17) is 4.52 Å². The quantitative estimate of drug-likeness (QED) is 0.822. The maximum absolute atomic E-state index is 12.4. The van der Waals surface area contributed by atoms with Crippen molar-refractivity contribution in [1.29, 1.82) is 0 Å². The van der Waals surface area contributed by atoms with Gasteiger partial charge in [0.2, 0.25) is 5.91 Å². The molecule has 1 aromatic heterocycles. The Labute approximate surface area is 141 Å². The summed E-state index contributed by atoms with van der Waals surface area (Å²) in [6.45, 7) is 4.48. The zero-order valence-corrected chi connectivity index (χ0v) is 14.1. The lowest BCUT2D eigenvalue weighted by Crippen LogP contribution is -2.55. The number of aromatic nitrogens is 1. The molecule has 1 saturated heterocycles. The van der Waals surface area contributed by atoms with Gasteiger partial charge in [0.25, 0.3) is 5.91 Å². The highest BCUT2D eigenvalue weighted by molar-refractivity contribution is 5.92. The summed E-state index contributed by atoms with van der Waals surface area (Å²) < 4.78 is 4.72. The molecule has 0 aromatic carbocycles. The first-order chi connectivity index (χ1) is 11.5. The van der Waals surface area contributed by atoms with Gasteiger partial charge in [-0.25, -0.2) is 0 Å². The molecule has 2 fully saturated rings. The van der Waals surface area contributed by atoms with Gasteiger partial charge in [0.05, 0.1) is 12.1 Å². The molecule has 0 spiro atoms. The van der Waals surface area contributed by atoms with Gasteiger partial charge in [-0.05, 0) is 12.8 Å². The minimum atomic E-state index is -0.602. The molecular formula is C16H24N4O4. The SMILES string of the molecule is CC(=O)N1CCN([C@@H]2CC[C@@H](N(C)C(=O)c3ccon3)[C@H]2O)CC1. The van der Waals surface area contributed by atoms with E-state index in [1.165, 1.54) is 12.3 Å². The van der Waals surface area contributed by atoms with Crippen molar-refractivity contribution in [3.8, 4) is 0 Å². The van der Waals surface area contributed by atoms with E-state index in [-0.39, 0.29) is 29.6 Å². The number of amides is 2. The van der Waals surface area contributed by atoms with Gasteiger partial charge >= 0.3 is 0 Å². The van der Waals surface area contributed by atoms with Crippen molar-refractivity contribution in [2.45, 2.75) is 38.0 Å². The van der Waals surface area contributed by atoms with Gasteiger partial charge in [-0.1, -0.05) is 5.16 Å². The number of hydrogen-bond acceptors (Lipinski definition) is 6. The lowest BCUT2D eigenvalue weighted by molar-refractivity contribution is -0.131. The van der Waals surface area contributed by atoms with E-state index in [1.807, 2.05) is 4.90 Å². The smallest absolute Gasteiger partial charge is 0.276 e. The Morgan fingerprint density at radius 2 is 2.00 bits per heavy atom. The van der Waals surface area contributed by atoms with Crippen molar-refractivity contribution in [2.75, 3.05) is 33.2 Å². The van der Waals surface area contributed by atoms with Crippen LogP contribution in [0, 0.1) is 0 Å². The van der Waals surface area contributed by atoms with Crippen LogP contribution in [0.1, 0.15) is 30.3 Å². The first-order valence-electron chi connectivity index (χ1n) is 8.34. The zero-order chi connectivity index (χ0) is 17.3. The molecule has 1 aliphatic carbocycles. The Balaban J connectivity index is 1.60. The van der Waals surface area contributed by atoms with Crippen LogP contribution in [0.5, 0.6) is 0 Å². The minimum Gasteiger partial charge on any atom is -0.389 e. The van der Waals surface area contributed by atoms with Gasteiger partial charge < -0.3 is 19.4 Å². The van der Waals surface area contributed by atoms with Crippen LogP contribution in [0.3, 0.4) is 0 Å². The van der Waals surface area contributed by atoms with Gasteiger partial charge in [0.15, 0.2) is 5.69 Å². The molecule has 0 unspecified atom stereocenters. The standard InChI is InChI=1S/C16H24N4O4/c1-11(21)19-6-8-20(9-7-19)14-4-3-13(15(14)22)18(2)16(23)12-5-10-24-17-12/h5,10,13-15,22H,3-4,6-9H2,1-2H3/t13-,14-,15-/m1/s1. The van der Waals surface area contributed by atoms with Crippen LogP contribution in [-0.2, 0) is 4.79 Å². The first kappa shape index (κ1) is 16.9. The second-order valence-corrected chi connectivity index (χ2v) is 6.55. The molecule has 3 rings (SSSR count). The van der Waals surface area contributed by atoms with Crippen LogP contribution in [0.2, 0.25) is 0 Å². The van der Waals surface area contributed by atoms with E-state index in [1.54, 1.807) is 18.9 Å². The number of rotatable bonds is 3. The van der Waals surface area contributed by atoms with E-state index in [2.05, 4.69) is 10.1 Å². The molecule has 1 aromatic rings. The summed E-state index contributed by atoms with van der Waals surface area (Å²) in [5.74, 6) is -0.146. The van der Waals surface area contributed by atoms with Crippen molar-refractivity contribution in [3.63, 3.8) is 0 Å². The molecule has 2 amide bonds. The highest BCUT2D eigenvalue weighted by Gasteiger charge is 2.42. The Hall–Kier alpha value is -1.93. The van der Waals surface area contributed by atoms with E-state index in [9.17, 15) is 14.7 Å². The van der Waals surface area contributed by atoms with Crippen molar-refractivity contribution in [2.24, 2.45) is 0 Å². The third-order valence-corrected chi connectivity index (χ3v) is 5.25. The number of nitrogens with zero attached hydrogens (tertiary/aromatic N) is 4. The molecule has 8 nitrogen and oxygen atoms in total. The highest BCUT2D eigenvalue weighted by Crippen LogP contribution is 2.29. The highest BCUT2D eigenvalue weighted by atomic mass is 16.5. The summed E-state index contributed by atoms with van der Waals surface area (Å²) in [5.41, 5.74) is 0.253. The Morgan fingerprint density at radius 3 is 2.58 bits per heavy atom. The van der Waals surface area contributed by atoms with Crippen molar-refractivity contribution in [1.82, 2.24) is 19.9 Å². The first-order valence-corrected chi connectivity index (χ1v) is 8.34. The van der Waals surface area contributed by atoms with Gasteiger partial charge in [-0.15, -0.1) is 0 Å². The normalized spacial score (nSPS) is 28.1. The molecule has 3 atom stereocenters. The predicted molar refractivity (Wildman–Crippen MR) is 85.2 cm³/mol.